The minimum absolute atomic E-state index is 1.16. The zero-order valence-corrected chi connectivity index (χ0v) is 9.57. The van der Waals surface area contributed by atoms with Gasteiger partial charge in [0.25, 0.3) is 0 Å². The lowest BCUT2D eigenvalue weighted by Gasteiger charge is -2.03. The predicted octanol–water partition coefficient (Wildman–Crippen LogP) is 4.32. The molecule has 0 radical (unpaired) electrons. The number of allylic oxidation sites excluding steroid dienone is 8. The molecule has 0 amide bonds. The molecule has 74 valence electrons. The molecule has 2 aliphatic carbocycles. The van der Waals surface area contributed by atoms with Crippen LogP contribution in [-0.2, 0) is 0 Å². The topological polar surface area (TPSA) is 0 Å². The Kier molecular flexibility index (Phi) is 2.22. The highest BCUT2D eigenvalue weighted by molar-refractivity contribution is 5.53. The fraction of sp³-hybridized carbons (Fsp3) is 0.429. The van der Waals surface area contributed by atoms with Gasteiger partial charge in [0.15, 0.2) is 0 Å². The lowest BCUT2D eigenvalue weighted by molar-refractivity contribution is 1.08. The third-order valence-electron chi connectivity index (χ3n) is 3.45. The van der Waals surface area contributed by atoms with Gasteiger partial charge in [-0.15, -0.1) is 0 Å². The molecule has 2 aliphatic rings. The zero-order valence-electron chi connectivity index (χ0n) is 9.57. The number of hydrogen-bond donors (Lipinski definition) is 0. The van der Waals surface area contributed by atoms with E-state index in [4.69, 9.17) is 0 Å². The Balaban J connectivity index is 2.17. The molecular weight excluding hydrogens is 168 g/mol. The van der Waals surface area contributed by atoms with Crippen molar-refractivity contribution in [3.8, 4) is 0 Å². The van der Waals surface area contributed by atoms with Crippen LogP contribution >= 0.6 is 0 Å². The molecular formula is C14H18. The summed E-state index contributed by atoms with van der Waals surface area (Å²) in [6, 6.07) is 0. The van der Waals surface area contributed by atoms with Crippen LogP contribution in [0.1, 0.15) is 40.5 Å². The largest absolute Gasteiger partial charge is 0.0660 e. The molecule has 0 N–H and O–H groups in total. The summed E-state index contributed by atoms with van der Waals surface area (Å²) in [5.41, 5.74) is 9.06. The molecule has 0 aromatic carbocycles. The quantitative estimate of drug-likeness (QED) is 0.572. The fourth-order valence-corrected chi connectivity index (χ4v) is 2.13. The van der Waals surface area contributed by atoms with E-state index in [1.165, 1.54) is 33.4 Å². The highest BCUT2D eigenvalue weighted by Gasteiger charge is 2.17. The van der Waals surface area contributed by atoms with Crippen molar-refractivity contribution in [3.63, 3.8) is 0 Å². The Labute approximate surface area is 86.7 Å². The van der Waals surface area contributed by atoms with Gasteiger partial charge in [-0.3, -0.25) is 0 Å². The first-order chi connectivity index (χ1) is 6.58. The molecule has 0 aromatic heterocycles. The van der Waals surface area contributed by atoms with E-state index in [0.29, 0.717) is 0 Å². The molecule has 0 spiro atoms. The van der Waals surface area contributed by atoms with Gasteiger partial charge in [-0.05, 0) is 51.7 Å². The minimum atomic E-state index is 1.16. The van der Waals surface area contributed by atoms with Crippen molar-refractivity contribution in [2.45, 2.75) is 40.5 Å². The van der Waals surface area contributed by atoms with E-state index in [1.54, 1.807) is 0 Å². The summed E-state index contributed by atoms with van der Waals surface area (Å²) < 4.78 is 0. The summed E-state index contributed by atoms with van der Waals surface area (Å²) in [6.07, 6.45) is 7.04. The summed E-state index contributed by atoms with van der Waals surface area (Å²) in [4.78, 5) is 0. The summed E-state index contributed by atoms with van der Waals surface area (Å²) in [7, 11) is 0. The monoisotopic (exact) mass is 186 g/mol. The summed E-state index contributed by atoms with van der Waals surface area (Å²) in [6.45, 7) is 8.90. The van der Waals surface area contributed by atoms with E-state index < -0.39 is 0 Å². The number of rotatable bonds is 1. The second-order valence-electron chi connectivity index (χ2n) is 4.62. The standard InChI is InChI=1S/C14H18/c1-9-5-13(6-10(9)2)14-7-11(3)12(4)8-14/h5,7H,6,8H2,1-4H3. The Morgan fingerprint density at radius 2 is 1.07 bits per heavy atom. The predicted molar refractivity (Wildman–Crippen MR) is 62.1 cm³/mol. The van der Waals surface area contributed by atoms with Gasteiger partial charge >= 0.3 is 0 Å². The molecule has 0 unspecified atom stereocenters. The maximum absolute atomic E-state index is 2.35. The van der Waals surface area contributed by atoms with Gasteiger partial charge in [0, 0.05) is 0 Å². The molecule has 0 saturated heterocycles. The van der Waals surface area contributed by atoms with E-state index in [0.717, 1.165) is 12.8 Å². The van der Waals surface area contributed by atoms with Crippen molar-refractivity contribution in [1.82, 2.24) is 0 Å². The Hall–Kier alpha value is -1.04. The maximum atomic E-state index is 2.35. The second kappa shape index (κ2) is 3.27. The van der Waals surface area contributed by atoms with Crippen LogP contribution in [0.5, 0.6) is 0 Å². The normalized spacial score (nSPS) is 22.0. The van der Waals surface area contributed by atoms with E-state index in [1.807, 2.05) is 0 Å². The summed E-state index contributed by atoms with van der Waals surface area (Å²) in [5, 5.41) is 0. The average molecular weight is 186 g/mol. The van der Waals surface area contributed by atoms with E-state index in [9.17, 15) is 0 Å². The molecule has 0 heteroatoms. The van der Waals surface area contributed by atoms with Crippen LogP contribution in [0.3, 0.4) is 0 Å². The first-order valence-electron chi connectivity index (χ1n) is 5.32. The smallest absolute Gasteiger partial charge is 0.00612 e. The molecule has 0 heterocycles. The van der Waals surface area contributed by atoms with Gasteiger partial charge in [0.05, 0.1) is 0 Å². The third kappa shape index (κ3) is 1.50. The molecule has 14 heavy (non-hydrogen) atoms. The van der Waals surface area contributed by atoms with Gasteiger partial charge in [-0.25, -0.2) is 0 Å². The van der Waals surface area contributed by atoms with Crippen LogP contribution in [0, 0.1) is 0 Å². The van der Waals surface area contributed by atoms with Crippen molar-refractivity contribution >= 4 is 0 Å². The minimum Gasteiger partial charge on any atom is -0.0660 e. The summed E-state index contributed by atoms with van der Waals surface area (Å²) in [5.74, 6) is 0. The van der Waals surface area contributed by atoms with E-state index in [2.05, 4.69) is 39.8 Å². The number of hydrogen-bond acceptors (Lipinski definition) is 0. The van der Waals surface area contributed by atoms with Crippen LogP contribution in [0.4, 0.5) is 0 Å². The molecule has 0 fully saturated rings. The molecule has 0 bridgehead atoms. The third-order valence-corrected chi connectivity index (χ3v) is 3.45. The SMILES string of the molecule is CC1=C(C)CC(C2=CC(C)=C(C)C2)=C1. The van der Waals surface area contributed by atoms with Crippen molar-refractivity contribution < 1.29 is 0 Å². The van der Waals surface area contributed by atoms with Crippen LogP contribution < -0.4 is 0 Å². The Bertz CT molecular complexity index is 358. The highest BCUT2D eigenvalue weighted by Crippen LogP contribution is 2.36. The lowest BCUT2D eigenvalue weighted by atomic mass is 10.0. The van der Waals surface area contributed by atoms with Crippen LogP contribution in [0.2, 0.25) is 0 Å². The van der Waals surface area contributed by atoms with Gasteiger partial charge in [-0.1, -0.05) is 34.4 Å². The lowest BCUT2D eigenvalue weighted by Crippen LogP contribution is -1.85. The zero-order chi connectivity index (χ0) is 10.3. The van der Waals surface area contributed by atoms with Crippen molar-refractivity contribution in [2.75, 3.05) is 0 Å². The van der Waals surface area contributed by atoms with Crippen molar-refractivity contribution in [2.24, 2.45) is 0 Å². The van der Waals surface area contributed by atoms with Crippen LogP contribution in [0.15, 0.2) is 45.6 Å². The van der Waals surface area contributed by atoms with Gasteiger partial charge in [0.1, 0.15) is 0 Å². The summed E-state index contributed by atoms with van der Waals surface area (Å²) >= 11 is 0. The Morgan fingerprint density at radius 3 is 1.29 bits per heavy atom. The first-order valence-corrected chi connectivity index (χ1v) is 5.32. The second-order valence-corrected chi connectivity index (χ2v) is 4.62. The molecule has 0 nitrogen and oxygen atoms in total. The molecule has 0 aliphatic heterocycles. The van der Waals surface area contributed by atoms with Gasteiger partial charge in [-0.2, -0.15) is 0 Å². The van der Waals surface area contributed by atoms with E-state index in [-0.39, 0.29) is 0 Å². The van der Waals surface area contributed by atoms with Gasteiger partial charge < -0.3 is 0 Å². The van der Waals surface area contributed by atoms with Gasteiger partial charge in [0.2, 0.25) is 0 Å². The first kappa shape index (κ1) is 9.51. The highest BCUT2D eigenvalue weighted by atomic mass is 14.2. The van der Waals surface area contributed by atoms with Crippen LogP contribution in [-0.4, -0.2) is 0 Å². The average Bonchev–Trinajstić information content (AvgIpc) is 2.60. The Morgan fingerprint density at radius 1 is 0.714 bits per heavy atom. The molecule has 2 rings (SSSR count). The van der Waals surface area contributed by atoms with Crippen LogP contribution in [0.25, 0.3) is 0 Å². The molecule has 0 saturated carbocycles. The van der Waals surface area contributed by atoms with E-state index >= 15 is 0 Å². The fourth-order valence-electron chi connectivity index (χ4n) is 2.13. The van der Waals surface area contributed by atoms with Crippen molar-refractivity contribution in [3.05, 3.63) is 45.6 Å². The molecule has 0 atom stereocenters. The molecule has 0 aromatic rings. The maximum Gasteiger partial charge on any atom is -0.00612 e. The van der Waals surface area contributed by atoms with Crippen molar-refractivity contribution in [1.29, 1.82) is 0 Å².